The minimum absolute atomic E-state index is 0.755. The van der Waals surface area contributed by atoms with Crippen LogP contribution in [0.1, 0.15) is 22.3 Å². The average molecular weight is 957 g/mol. The molecule has 2 aliphatic carbocycles. The smallest absolute Gasteiger partial charge is 0.181 e. The van der Waals surface area contributed by atoms with E-state index in [-0.39, 0.29) is 0 Å². The Morgan fingerprint density at radius 3 is 1.19 bits per heavy atom. The van der Waals surface area contributed by atoms with E-state index < -0.39 is 13.5 Å². The van der Waals surface area contributed by atoms with E-state index in [9.17, 15) is 0 Å². The fourth-order valence-electron chi connectivity index (χ4n) is 13.5. The molecule has 0 saturated carbocycles. The van der Waals surface area contributed by atoms with Crippen LogP contribution in [0.3, 0.4) is 0 Å². The van der Waals surface area contributed by atoms with E-state index in [0.717, 1.165) is 34.1 Å². The van der Waals surface area contributed by atoms with E-state index in [1.54, 1.807) is 0 Å². The van der Waals surface area contributed by atoms with Gasteiger partial charge in [-0.05, 0) is 160 Å². The monoisotopic (exact) mass is 956 g/mol. The zero-order valence-electron chi connectivity index (χ0n) is 40.6. The molecule has 3 aliphatic rings. The van der Waals surface area contributed by atoms with Crippen molar-refractivity contribution in [1.29, 1.82) is 0 Å². The van der Waals surface area contributed by atoms with E-state index >= 15 is 0 Å². The van der Waals surface area contributed by atoms with Crippen LogP contribution in [0.25, 0.3) is 44.2 Å². The van der Waals surface area contributed by atoms with Crippen LogP contribution in [-0.4, -0.2) is 8.07 Å². The Hall–Kier alpha value is -9.28. The van der Waals surface area contributed by atoms with Crippen LogP contribution in [0.15, 0.2) is 291 Å². The van der Waals surface area contributed by atoms with Crippen LogP contribution in [0, 0.1) is 0 Å². The van der Waals surface area contributed by atoms with Crippen molar-refractivity contribution in [1.82, 2.24) is 0 Å². The highest BCUT2D eigenvalue weighted by Crippen LogP contribution is 2.63. The third-order valence-electron chi connectivity index (χ3n) is 16.3. The molecule has 346 valence electrons. The van der Waals surface area contributed by atoms with Crippen molar-refractivity contribution >= 4 is 73.7 Å². The fraction of sp³-hybridized carbons (Fsp3) is 0.0141. The van der Waals surface area contributed by atoms with Crippen molar-refractivity contribution in [2.24, 2.45) is 0 Å². The largest absolute Gasteiger partial charge is 0.310 e. The van der Waals surface area contributed by atoms with Crippen molar-refractivity contribution in [3.63, 3.8) is 0 Å². The Balaban J connectivity index is 1.12. The van der Waals surface area contributed by atoms with Gasteiger partial charge in [-0.15, -0.1) is 0 Å². The van der Waals surface area contributed by atoms with E-state index in [4.69, 9.17) is 0 Å². The summed E-state index contributed by atoms with van der Waals surface area (Å²) in [7, 11) is -3.04. The molecule has 2 nitrogen and oxygen atoms in total. The molecule has 0 radical (unpaired) electrons. The lowest BCUT2D eigenvalue weighted by atomic mass is 9.61. The number of para-hydroxylation sites is 4. The Bertz CT molecular complexity index is 3870. The summed E-state index contributed by atoms with van der Waals surface area (Å²) in [5.74, 6) is 0. The zero-order chi connectivity index (χ0) is 48.8. The van der Waals surface area contributed by atoms with Crippen molar-refractivity contribution in [3.8, 4) is 33.4 Å². The SMILES string of the molecule is c1ccc(N(c2ccccc2)c2ccc3c(c2)C2(c4cc(N(c5ccccc5)c5ccccc5)ccc4-3)c3ccc4c(c3-c3cccc5cccc2c35)[Si](c2ccccc2)(c2ccccc2)c2ccccc2-4)cc1. The average Bonchev–Trinajstić information content (AvgIpc) is 4.07. The van der Waals surface area contributed by atoms with Crippen molar-refractivity contribution in [2.45, 2.75) is 5.41 Å². The molecule has 0 fully saturated rings. The Labute approximate surface area is 433 Å². The maximum absolute atomic E-state index is 3.04. The Morgan fingerprint density at radius 2 is 0.689 bits per heavy atom. The first-order valence-corrected chi connectivity index (χ1v) is 27.8. The van der Waals surface area contributed by atoms with Crippen LogP contribution in [0.5, 0.6) is 0 Å². The molecule has 0 saturated heterocycles. The lowest BCUT2D eigenvalue weighted by molar-refractivity contribution is 0.774. The topological polar surface area (TPSA) is 6.48 Å². The van der Waals surface area contributed by atoms with Gasteiger partial charge in [0.25, 0.3) is 0 Å². The Kier molecular flexibility index (Phi) is 9.54. The number of nitrogens with zero attached hydrogens (tertiary/aromatic N) is 2. The Morgan fingerprint density at radius 1 is 0.270 bits per heavy atom. The van der Waals surface area contributed by atoms with Crippen molar-refractivity contribution < 1.29 is 0 Å². The fourth-order valence-corrected chi connectivity index (χ4v) is 18.9. The number of anilines is 6. The van der Waals surface area contributed by atoms with Crippen LogP contribution in [0.4, 0.5) is 34.1 Å². The molecule has 1 heterocycles. The third kappa shape index (κ3) is 5.93. The third-order valence-corrected chi connectivity index (χ3v) is 21.2. The molecule has 0 atom stereocenters. The van der Waals surface area contributed by atoms with Gasteiger partial charge in [-0.25, -0.2) is 0 Å². The highest BCUT2D eigenvalue weighted by molar-refractivity contribution is 7.22. The van der Waals surface area contributed by atoms with Crippen LogP contribution < -0.4 is 30.5 Å². The standard InChI is InChI=1S/C71H48N2Si/c1-7-25-50(26-8-1)72(51-27-9-2-10-28-51)54-41-43-58-59-44-42-55(73(52-29-11-3-12-30-52)53-31-13-4-14-32-53)48-66(59)71(65(58)47-54)63-39-22-24-49-23-21-38-62(68(49)63)69-64(71)46-45-61-60-37-19-20-40-67(60)74(70(61)69,56-33-15-5-16-34-56)57-35-17-6-18-36-57/h1-48H. The zero-order valence-corrected chi connectivity index (χ0v) is 41.6. The second kappa shape index (κ2) is 16.6. The van der Waals surface area contributed by atoms with Crippen LogP contribution in [-0.2, 0) is 5.41 Å². The summed E-state index contributed by atoms with van der Waals surface area (Å²) in [4.78, 5) is 4.85. The quantitative estimate of drug-likeness (QED) is 0.140. The molecule has 0 bridgehead atoms. The molecule has 0 aromatic heterocycles. The summed E-state index contributed by atoms with van der Waals surface area (Å²) in [6.45, 7) is 0. The molecule has 15 rings (SSSR count). The van der Waals surface area contributed by atoms with Gasteiger partial charge in [0.15, 0.2) is 8.07 Å². The molecule has 0 unspecified atom stereocenters. The van der Waals surface area contributed by atoms with Gasteiger partial charge in [-0.1, -0.05) is 218 Å². The minimum atomic E-state index is -3.04. The first kappa shape index (κ1) is 42.4. The molecular weight excluding hydrogens is 909 g/mol. The molecule has 74 heavy (non-hydrogen) atoms. The summed E-state index contributed by atoms with van der Waals surface area (Å²) in [6.07, 6.45) is 0. The number of benzene rings is 12. The second-order valence-electron chi connectivity index (χ2n) is 19.9. The van der Waals surface area contributed by atoms with E-state index in [2.05, 4.69) is 301 Å². The van der Waals surface area contributed by atoms with Gasteiger partial charge in [-0.2, -0.15) is 0 Å². The molecule has 0 amide bonds. The van der Waals surface area contributed by atoms with Gasteiger partial charge in [0.1, 0.15) is 0 Å². The first-order valence-electron chi connectivity index (χ1n) is 25.8. The van der Waals surface area contributed by atoms with E-state index in [0.29, 0.717) is 0 Å². The predicted octanol–water partition coefficient (Wildman–Crippen LogP) is 15.5. The summed E-state index contributed by atoms with van der Waals surface area (Å²) < 4.78 is 0. The molecule has 12 aromatic carbocycles. The van der Waals surface area contributed by atoms with Crippen molar-refractivity contribution in [2.75, 3.05) is 9.80 Å². The second-order valence-corrected chi connectivity index (χ2v) is 23.6. The maximum Gasteiger partial charge on any atom is 0.181 e. The van der Waals surface area contributed by atoms with Gasteiger partial charge in [-0.3, -0.25) is 0 Å². The van der Waals surface area contributed by atoms with E-state index in [1.165, 1.54) is 87.2 Å². The first-order chi connectivity index (χ1) is 36.7. The van der Waals surface area contributed by atoms with Crippen LogP contribution in [0.2, 0.25) is 0 Å². The van der Waals surface area contributed by atoms with Gasteiger partial charge in [0, 0.05) is 34.1 Å². The number of hydrogen-bond donors (Lipinski definition) is 0. The van der Waals surface area contributed by atoms with Gasteiger partial charge >= 0.3 is 0 Å². The molecule has 1 spiro atoms. The molecule has 0 N–H and O–H groups in total. The van der Waals surface area contributed by atoms with Crippen molar-refractivity contribution in [3.05, 3.63) is 313 Å². The number of rotatable bonds is 8. The van der Waals surface area contributed by atoms with Gasteiger partial charge in [0.2, 0.25) is 0 Å². The maximum atomic E-state index is 2.54. The lowest BCUT2D eigenvalue weighted by Crippen LogP contribution is -2.73. The minimum Gasteiger partial charge on any atom is -0.310 e. The molecular formula is C71H48N2Si. The van der Waals surface area contributed by atoms with Crippen LogP contribution >= 0.6 is 0 Å². The number of hydrogen-bond acceptors (Lipinski definition) is 2. The lowest BCUT2D eigenvalue weighted by Gasteiger charge is -2.43. The predicted molar refractivity (Wildman–Crippen MR) is 312 cm³/mol. The number of fused-ring (bicyclic) bond motifs is 13. The summed E-state index contributed by atoms with van der Waals surface area (Å²) in [6, 6.07) is 110. The molecule has 1 aliphatic heterocycles. The van der Waals surface area contributed by atoms with Gasteiger partial charge in [0.05, 0.1) is 5.41 Å². The summed E-state index contributed by atoms with van der Waals surface area (Å²) in [5.41, 5.74) is 19.0. The summed E-state index contributed by atoms with van der Waals surface area (Å²) >= 11 is 0. The normalized spacial score (nSPS) is 13.6. The van der Waals surface area contributed by atoms with Gasteiger partial charge < -0.3 is 9.80 Å². The highest BCUT2D eigenvalue weighted by atomic mass is 28.3. The molecule has 3 heteroatoms. The summed E-state index contributed by atoms with van der Waals surface area (Å²) in [5, 5.41) is 8.27. The van der Waals surface area contributed by atoms with E-state index in [1.807, 2.05) is 0 Å². The molecule has 12 aromatic rings. The highest BCUT2D eigenvalue weighted by Gasteiger charge is 2.56.